The summed E-state index contributed by atoms with van der Waals surface area (Å²) in [6.45, 7) is 1.94. The highest BCUT2D eigenvalue weighted by Crippen LogP contribution is 2.14. The van der Waals surface area contributed by atoms with Crippen molar-refractivity contribution in [3.8, 4) is 0 Å². The van der Waals surface area contributed by atoms with Crippen molar-refractivity contribution in [1.29, 1.82) is 0 Å². The van der Waals surface area contributed by atoms with Crippen LogP contribution in [0.5, 0.6) is 0 Å². The van der Waals surface area contributed by atoms with Crippen molar-refractivity contribution in [2.45, 2.75) is 18.7 Å². The minimum Gasteiger partial charge on any atom is -0.465 e. The van der Waals surface area contributed by atoms with E-state index in [1.165, 1.54) is 24.9 Å². The van der Waals surface area contributed by atoms with Crippen LogP contribution in [0.2, 0.25) is 0 Å². The van der Waals surface area contributed by atoms with Gasteiger partial charge in [-0.2, -0.15) is 11.8 Å². The number of carbonyl (C=O) groups is 3. The third-order valence-electron chi connectivity index (χ3n) is 3.81. The van der Waals surface area contributed by atoms with Gasteiger partial charge in [-0.3, -0.25) is 0 Å². The lowest BCUT2D eigenvalue weighted by Crippen LogP contribution is -2.45. The molecule has 0 aliphatic rings. The van der Waals surface area contributed by atoms with E-state index in [9.17, 15) is 14.4 Å². The van der Waals surface area contributed by atoms with Crippen LogP contribution in [0.4, 0.5) is 10.5 Å². The Morgan fingerprint density at radius 2 is 1.83 bits per heavy atom. The van der Waals surface area contributed by atoms with E-state index < -0.39 is 24.0 Å². The van der Waals surface area contributed by atoms with Gasteiger partial charge in [-0.25, -0.2) is 14.4 Å². The van der Waals surface area contributed by atoms with E-state index in [2.05, 4.69) is 15.4 Å². The molecule has 1 unspecified atom stereocenters. The maximum atomic E-state index is 12.4. The molecule has 0 fully saturated rings. The Morgan fingerprint density at radius 3 is 2.52 bits per heavy atom. The summed E-state index contributed by atoms with van der Waals surface area (Å²) in [5, 5.41) is 5.26. The fourth-order valence-electron chi connectivity index (χ4n) is 2.45. The zero-order chi connectivity index (χ0) is 21.1. The average Bonchev–Trinajstić information content (AvgIpc) is 2.73. The lowest BCUT2D eigenvalue weighted by Gasteiger charge is -2.17. The number of carbonyl (C=O) groups excluding carboxylic acids is 3. The van der Waals surface area contributed by atoms with E-state index in [1.54, 1.807) is 25.1 Å². The Morgan fingerprint density at radius 1 is 1.07 bits per heavy atom. The van der Waals surface area contributed by atoms with Gasteiger partial charge in [0.1, 0.15) is 6.04 Å². The molecule has 1 atom stereocenters. The molecule has 2 aromatic rings. The number of hydrogen-bond donors (Lipinski definition) is 2. The SMILES string of the molecule is CCOC(=O)C(CSCc1ccccc1)NC(=O)Nc1cccc(C(=O)OC)c1. The summed E-state index contributed by atoms with van der Waals surface area (Å²) >= 11 is 1.52. The maximum Gasteiger partial charge on any atom is 0.337 e. The first-order chi connectivity index (χ1) is 14.0. The van der Waals surface area contributed by atoms with Gasteiger partial charge in [0.05, 0.1) is 19.3 Å². The molecule has 0 spiro atoms. The number of methoxy groups -OCH3 is 1. The van der Waals surface area contributed by atoms with Crippen LogP contribution in [0.3, 0.4) is 0 Å². The molecule has 0 bridgehead atoms. The van der Waals surface area contributed by atoms with E-state index in [1.807, 2.05) is 30.3 Å². The maximum absolute atomic E-state index is 12.4. The number of amides is 2. The molecule has 0 aliphatic heterocycles. The summed E-state index contributed by atoms with van der Waals surface area (Å²) < 4.78 is 9.74. The molecule has 29 heavy (non-hydrogen) atoms. The van der Waals surface area contributed by atoms with Crippen molar-refractivity contribution in [2.75, 3.05) is 24.8 Å². The Kier molecular flexibility index (Phi) is 9.04. The monoisotopic (exact) mass is 416 g/mol. The van der Waals surface area contributed by atoms with Crippen molar-refractivity contribution in [3.05, 3.63) is 65.7 Å². The van der Waals surface area contributed by atoms with E-state index in [0.29, 0.717) is 22.8 Å². The molecule has 7 nitrogen and oxygen atoms in total. The van der Waals surface area contributed by atoms with Gasteiger partial charge in [-0.05, 0) is 30.7 Å². The number of nitrogens with one attached hydrogen (secondary N) is 2. The Bertz CT molecular complexity index is 829. The zero-order valence-electron chi connectivity index (χ0n) is 16.3. The Hall–Kier alpha value is -3.00. The van der Waals surface area contributed by atoms with E-state index in [-0.39, 0.29) is 6.61 Å². The van der Waals surface area contributed by atoms with Crippen molar-refractivity contribution >= 4 is 35.4 Å². The molecule has 0 aromatic heterocycles. The molecule has 2 aromatic carbocycles. The van der Waals surface area contributed by atoms with Gasteiger partial charge in [-0.15, -0.1) is 0 Å². The zero-order valence-corrected chi connectivity index (χ0v) is 17.2. The molecule has 2 rings (SSSR count). The summed E-state index contributed by atoms with van der Waals surface area (Å²) in [6.07, 6.45) is 0. The van der Waals surface area contributed by atoms with Crippen molar-refractivity contribution in [3.63, 3.8) is 0 Å². The van der Waals surface area contributed by atoms with E-state index >= 15 is 0 Å². The highest BCUT2D eigenvalue weighted by molar-refractivity contribution is 7.98. The largest absolute Gasteiger partial charge is 0.465 e. The molecule has 0 radical (unpaired) electrons. The second kappa shape index (κ2) is 11.8. The van der Waals surface area contributed by atoms with Gasteiger partial charge in [0.15, 0.2) is 0 Å². The lowest BCUT2D eigenvalue weighted by atomic mass is 10.2. The highest BCUT2D eigenvalue weighted by atomic mass is 32.2. The second-order valence-electron chi connectivity index (χ2n) is 5.98. The molecule has 8 heteroatoms. The first-order valence-corrected chi connectivity index (χ1v) is 10.2. The predicted octanol–water partition coefficient (Wildman–Crippen LogP) is 3.46. The fraction of sp³-hybridized carbons (Fsp3) is 0.286. The highest BCUT2D eigenvalue weighted by Gasteiger charge is 2.22. The van der Waals surface area contributed by atoms with Crippen LogP contribution in [-0.2, 0) is 20.0 Å². The van der Waals surface area contributed by atoms with Gasteiger partial charge in [0.25, 0.3) is 0 Å². The third kappa shape index (κ3) is 7.50. The smallest absolute Gasteiger partial charge is 0.337 e. The van der Waals surface area contributed by atoms with Gasteiger partial charge >= 0.3 is 18.0 Å². The third-order valence-corrected chi connectivity index (χ3v) is 4.92. The number of ether oxygens (including phenoxy) is 2. The molecule has 2 N–H and O–H groups in total. The van der Waals surface area contributed by atoms with E-state index in [4.69, 9.17) is 4.74 Å². The number of benzene rings is 2. The van der Waals surface area contributed by atoms with Gasteiger partial charge in [0.2, 0.25) is 0 Å². The molecule has 0 heterocycles. The first kappa shape index (κ1) is 22.3. The predicted molar refractivity (Wildman–Crippen MR) is 113 cm³/mol. The van der Waals surface area contributed by atoms with Gasteiger partial charge in [0, 0.05) is 17.2 Å². The average molecular weight is 416 g/mol. The van der Waals surface area contributed by atoms with Crippen LogP contribution in [0, 0.1) is 0 Å². The van der Waals surface area contributed by atoms with Crippen LogP contribution in [0.1, 0.15) is 22.8 Å². The standard InChI is InChI=1S/C21H24N2O5S/c1-3-28-20(25)18(14-29-13-15-8-5-4-6-9-15)23-21(26)22-17-11-7-10-16(12-17)19(24)27-2/h4-12,18H,3,13-14H2,1-2H3,(H2,22,23,26). The number of urea groups is 1. The summed E-state index contributed by atoms with van der Waals surface area (Å²) in [5.41, 5.74) is 1.85. The molecule has 154 valence electrons. The molecule has 2 amide bonds. The van der Waals surface area contributed by atoms with Crippen LogP contribution < -0.4 is 10.6 Å². The molecule has 0 aliphatic carbocycles. The lowest BCUT2D eigenvalue weighted by molar-refractivity contribution is -0.144. The summed E-state index contributed by atoms with van der Waals surface area (Å²) in [4.78, 5) is 36.2. The van der Waals surface area contributed by atoms with Crippen LogP contribution in [0.15, 0.2) is 54.6 Å². The normalized spacial score (nSPS) is 11.2. The summed E-state index contributed by atoms with van der Waals surface area (Å²) in [6, 6.07) is 14.8. The second-order valence-corrected chi connectivity index (χ2v) is 7.01. The number of anilines is 1. The minimum absolute atomic E-state index is 0.225. The van der Waals surface area contributed by atoms with Gasteiger partial charge in [-0.1, -0.05) is 36.4 Å². The summed E-state index contributed by atoms with van der Waals surface area (Å²) in [7, 11) is 1.28. The number of rotatable bonds is 9. The van der Waals surface area contributed by atoms with E-state index in [0.717, 1.165) is 5.56 Å². The molecular weight excluding hydrogens is 392 g/mol. The van der Waals surface area contributed by atoms with Crippen molar-refractivity contribution < 1.29 is 23.9 Å². The first-order valence-electron chi connectivity index (χ1n) is 9.07. The topological polar surface area (TPSA) is 93.7 Å². The summed E-state index contributed by atoms with van der Waals surface area (Å²) in [5.74, 6) is 0.0761. The fourth-order valence-corrected chi connectivity index (χ4v) is 3.45. The van der Waals surface area contributed by atoms with Crippen molar-refractivity contribution in [1.82, 2.24) is 5.32 Å². The number of hydrogen-bond acceptors (Lipinski definition) is 6. The van der Waals surface area contributed by atoms with Crippen molar-refractivity contribution in [2.24, 2.45) is 0 Å². The molecule has 0 saturated carbocycles. The Labute approximate surface area is 174 Å². The number of thioether (sulfide) groups is 1. The minimum atomic E-state index is -0.799. The van der Waals surface area contributed by atoms with Gasteiger partial charge < -0.3 is 20.1 Å². The van der Waals surface area contributed by atoms with Crippen LogP contribution in [0.25, 0.3) is 0 Å². The van der Waals surface area contributed by atoms with Crippen LogP contribution in [-0.4, -0.2) is 43.5 Å². The molecular formula is C21H24N2O5S. The van der Waals surface area contributed by atoms with Crippen LogP contribution >= 0.6 is 11.8 Å². The quantitative estimate of drug-likeness (QED) is 0.608. The Balaban J connectivity index is 1.95. The molecule has 0 saturated heterocycles. The number of esters is 2.